The topological polar surface area (TPSA) is 123 Å². The first-order chi connectivity index (χ1) is 6.25. The van der Waals surface area contributed by atoms with Gasteiger partial charge in [-0.15, -0.1) is 0 Å². The maximum Gasteiger partial charge on any atom is 0.300 e. The molecule has 1 aromatic heterocycles. The lowest BCUT2D eigenvalue weighted by Gasteiger charge is -2.07. The first kappa shape index (κ1) is 10.5. The van der Waals surface area contributed by atoms with Gasteiger partial charge in [0.05, 0.1) is 0 Å². The zero-order valence-corrected chi connectivity index (χ0v) is 7.95. The highest BCUT2D eigenvalue weighted by molar-refractivity contribution is 7.86. The van der Waals surface area contributed by atoms with Crippen LogP contribution in [0.4, 0.5) is 0 Å². The molecule has 0 unspecified atom stereocenters. The van der Waals surface area contributed by atoms with Crippen LogP contribution in [0, 0.1) is 6.92 Å². The molecule has 0 aliphatic carbocycles. The van der Waals surface area contributed by atoms with E-state index < -0.39 is 26.5 Å². The zero-order chi connectivity index (χ0) is 11.1. The zero-order valence-electron chi connectivity index (χ0n) is 7.13. The van der Waals surface area contributed by atoms with Gasteiger partial charge in [0.2, 0.25) is 5.88 Å². The van der Waals surface area contributed by atoms with Gasteiger partial charge >= 0.3 is 0 Å². The molecule has 0 spiro atoms. The Morgan fingerprint density at radius 2 is 2.00 bits per heavy atom. The van der Waals surface area contributed by atoms with Crippen LogP contribution in [0.25, 0.3) is 0 Å². The third-order valence-corrected chi connectivity index (χ3v) is 2.65. The molecule has 0 fully saturated rings. The fourth-order valence-corrected chi connectivity index (χ4v) is 1.82. The van der Waals surface area contributed by atoms with Gasteiger partial charge in [0.15, 0.2) is 4.90 Å². The highest BCUT2D eigenvalue weighted by Gasteiger charge is 2.21. The van der Waals surface area contributed by atoms with E-state index in [1.807, 2.05) is 0 Å². The summed E-state index contributed by atoms with van der Waals surface area (Å²) in [5.74, 6) is 4.04. The van der Waals surface area contributed by atoms with Crippen molar-refractivity contribution < 1.29 is 18.1 Å². The van der Waals surface area contributed by atoms with E-state index in [1.54, 1.807) is 0 Å². The van der Waals surface area contributed by atoms with Crippen LogP contribution < -0.4 is 11.4 Å². The molecule has 0 bridgehead atoms. The molecule has 0 saturated carbocycles. The number of pyridine rings is 1. The van der Waals surface area contributed by atoms with E-state index in [9.17, 15) is 18.3 Å². The smallest absolute Gasteiger partial charge is 0.300 e. The molecule has 14 heavy (non-hydrogen) atoms. The van der Waals surface area contributed by atoms with Crippen LogP contribution >= 0.6 is 0 Å². The van der Waals surface area contributed by atoms with Crippen LogP contribution in [0.5, 0.6) is 5.88 Å². The summed E-state index contributed by atoms with van der Waals surface area (Å²) in [7, 11) is -4.59. The summed E-state index contributed by atoms with van der Waals surface area (Å²) < 4.78 is 30.5. The summed E-state index contributed by atoms with van der Waals surface area (Å²) in [5, 5.41) is 9.19. The number of nitrogens with two attached hydrogens (primary N) is 1. The van der Waals surface area contributed by atoms with Gasteiger partial charge in [0, 0.05) is 6.07 Å². The summed E-state index contributed by atoms with van der Waals surface area (Å²) in [6, 6.07) is 0.892. The third-order valence-electron chi connectivity index (χ3n) is 1.62. The number of hydrogen-bond acceptors (Lipinski definition) is 5. The van der Waals surface area contributed by atoms with Gasteiger partial charge in [0.1, 0.15) is 0 Å². The minimum Gasteiger partial charge on any atom is -0.492 e. The van der Waals surface area contributed by atoms with Crippen LogP contribution in [0.15, 0.2) is 15.8 Å². The van der Waals surface area contributed by atoms with Crippen molar-refractivity contribution in [2.24, 2.45) is 0 Å². The van der Waals surface area contributed by atoms with Crippen LogP contribution in [0.1, 0.15) is 5.56 Å². The minimum atomic E-state index is -4.59. The predicted octanol–water partition coefficient (Wildman–Crippen LogP) is -1.18. The van der Waals surface area contributed by atoms with Crippen LogP contribution in [-0.2, 0) is 10.1 Å². The second-order valence-corrected chi connectivity index (χ2v) is 4.02. The van der Waals surface area contributed by atoms with Crippen molar-refractivity contribution in [3.8, 4) is 5.88 Å². The van der Waals surface area contributed by atoms with Crippen LogP contribution in [0.2, 0.25) is 0 Å². The summed E-state index contributed by atoms with van der Waals surface area (Å²) in [5.41, 5.74) is -0.843. The lowest BCUT2D eigenvalue weighted by Crippen LogP contribution is -2.28. The van der Waals surface area contributed by atoms with Crippen molar-refractivity contribution in [1.29, 1.82) is 0 Å². The molecular weight excluding hydrogens is 212 g/mol. The van der Waals surface area contributed by atoms with Gasteiger partial charge in [-0.1, -0.05) is 0 Å². The molecule has 8 heteroatoms. The number of aromatic nitrogens is 1. The lowest BCUT2D eigenvalue weighted by molar-refractivity contribution is 0.403. The van der Waals surface area contributed by atoms with E-state index in [2.05, 4.69) is 0 Å². The number of aromatic hydroxyl groups is 1. The first-order valence-corrected chi connectivity index (χ1v) is 4.87. The van der Waals surface area contributed by atoms with Gasteiger partial charge in [-0.25, -0.2) is 0 Å². The lowest BCUT2D eigenvalue weighted by atomic mass is 10.3. The highest BCUT2D eigenvalue weighted by Crippen LogP contribution is 2.22. The van der Waals surface area contributed by atoms with E-state index in [4.69, 9.17) is 10.4 Å². The normalized spacial score (nSPS) is 11.6. The van der Waals surface area contributed by atoms with Crippen LogP contribution in [0.3, 0.4) is 0 Å². The number of rotatable bonds is 1. The Hall–Kier alpha value is -1.54. The predicted molar refractivity (Wildman–Crippen MR) is 47.1 cm³/mol. The maximum absolute atomic E-state index is 10.9. The fraction of sp³-hybridized carbons (Fsp3) is 0.167. The van der Waals surface area contributed by atoms with Crippen molar-refractivity contribution in [2.75, 3.05) is 5.84 Å². The van der Waals surface area contributed by atoms with Crippen molar-refractivity contribution in [1.82, 2.24) is 4.68 Å². The van der Waals surface area contributed by atoms with Crippen LogP contribution in [-0.4, -0.2) is 22.8 Å². The Bertz CT molecular complexity index is 530. The quantitative estimate of drug-likeness (QED) is 0.404. The molecule has 0 saturated heterocycles. The van der Waals surface area contributed by atoms with E-state index in [0.29, 0.717) is 0 Å². The van der Waals surface area contributed by atoms with Crippen molar-refractivity contribution in [3.63, 3.8) is 0 Å². The molecule has 1 heterocycles. The fourth-order valence-electron chi connectivity index (χ4n) is 1.03. The highest BCUT2D eigenvalue weighted by atomic mass is 32.2. The molecule has 0 aliphatic heterocycles. The summed E-state index contributed by atoms with van der Waals surface area (Å²) in [4.78, 5) is 10.2. The second-order valence-electron chi connectivity index (χ2n) is 2.66. The number of hydrogen-bond donors (Lipinski definition) is 3. The summed E-state index contributed by atoms with van der Waals surface area (Å²) in [6.45, 7) is 1.25. The van der Waals surface area contributed by atoms with E-state index >= 15 is 0 Å². The molecule has 0 aliphatic rings. The van der Waals surface area contributed by atoms with E-state index in [-0.39, 0.29) is 10.2 Å². The Morgan fingerprint density at radius 3 is 2.43 bits per heavy atom. The molecule has 78 valence electrons. The molecule has 1 aromatic rings. The van der Waals surface area contributed by atoms with Gasteiger partial charge in [-0.2, -0.15) is 13.1 Å². The number of aryl methyl sites for hydroxylation is 1. The second kappa shape index (κ2) is 3.00. The molecule has 0 radical (unpaired) electrons. The van der Waals surface area contributed by atoms with Gasteiger partial charge in [-0.05, 0) is 12.5 Å². The van der Waals surface area contributed by atoms with Crippen molar-refractivity contribution in [2.45, 2.75) is 11.8 Å². The van der Waals surface area contributed by atoms with Gasteiger partial charge in [-0.3, -0.25) is 9.35 Å². The number of nitrogen functional groups attached to an aromatic ring is 1. The van der Waals surface area contributed by atoms with E-state index in [0.717, 1.165) is 6.07 Å². The molecular formula is C6H8N2O5S. The molecule has 7 nitrogen and oxygen atoms in total. The average Bonchev–Trinajstić information content (AvgIpc) is 1.97. The SMILES string of the molecule is Cc1cc(=O)n(N)c(O)c1S(=O)(=O)O. The summed E-state index contributed by atoms with van der Waals surface area (Å²) >= 11 is 0. The molecule has 0 atom stereocenters. The Balaban J connectivity index is 3.79. The molecule has 0 aromatic carbocycles. The maximum atomic E-state index is 10.9. The van der Waals surface area contributed by atoms with Gasteiger partial charge < -0.3 is 10.9 Å². The largest absolute Gasteiger partial charge is 0.492 e. The molecule has 0 amide bonds. The molecule has 1 rings (SSSR count). The van der Waals surface area contributed by atoms with Gasteiger partial charge in [0.25, 0.3) is 15.7 Å². The van der Waals surface area contributed by atoms with Crippen molar-refractivity contribution >= 4 is 10.1 Å². The first-order valence-electron chi connectivity index (χ1n) is 3.43. The Kier molecular flexibility index (Phi) is 2.26. The number of nitrogens with zero attached hydrogens (tertiary/aromatic N) is 1. The Morgan fingerprint density at radius 1 is 1.50 bits per heavy atom. The summed E-state index contributed by atoms with van der Waals surface area (Å²) in [6.07, 6.45) is 0. The molecule has 4 N–H and O–H groups in total. The third kappa shape index (κ3) is 1.56. The Labute approximate surface area is 79.1 Å². The van der Waals surface area contributed by atoms with E-state index in [1.165, 1.54) is 6.92 Å². The standard InChI is InChI=1S/C6H8N2O5S/c1-3-2-4(9)8(7)6(10)5(3)14(11,12)13/h2,10H,7H2,1H3,(H,11,12,13). The monoisotopic (exact) mass is 220 g/mol. The van der Waals surface area contributed by atoms with Crippen molar-refractivity contribution in [3.05, 3.63) is 22.0 Å². The average molecular weight is 220 g/mol. The minimum absolute atomic E-state index is 0.0725.